The number of rotatable bonds is 3. The van der Waals surface area contributed by atoms with Gasteiger partial charge in [-0.05, 0) is 19.4 Å². The smallest absolute Gasteiger partial charge is 0.269 e. The summed E-state index contributed by atoms with van der Waals surface area (Å²) in [6.45, 7) is 2.50. The van der Waals surface area contributed by atoms with E-state index in [2.05, 4.69) is 10.4 Å². The van der Waals surface area contributed by atoms with E-state index in [4.69, 9.17) is 0 Å². The molecule has 0 aromatic carbocycles. The van der Waals surface area contributed by atoms with Gasteiger partial charge in [0.2, 0.25) is 0 Å². The van der Waals surface area contributed by atoms with Gasteiger partial charge >= 0.3 is 0 Å². The summed E-state index contributed by atoms with van der Waals surface area (Å²) in [4.78, 5) is 11.9. The Morgan fingerprint density at radius 1 is 1.65 bits per heavy atom. The molecule has 0 saturated carbocycles. The molecule has 0 aliphatic carbocycles. The zero-order chi connectivity index (χ0) is 12.5. The predicted molar refractivity (Wildman–Crippen MR) is 62.4 cm³/mol. The second-order valence-electron chi connectivity index (χ2n) is 4.11. The van der Waals surface area contributed by atoms with Crippen LogP contribution in [-0.2, 0) is 16.4 Å². The number of carbonyl (C=O) groups is 1. The van der Waals surface area contributed by atoms with Gasteiger partial charge in [0.15, 0.2) is 9.84 Å². The summed E-state index contributed by atoms with van der Waals surface area (Å²) in [6.07, 6.45) is 2.05. The van der Waals surface area contributed by atoms with E-state index in [0.717, 1.165) is 0 Å². The quantitative estimate of drug-likeness (QED) is 0.814. The Hall–Kier alpha value is -1.37. The van der Waals surface area contributed by atoms with Gasteiger partial charge in [-0.2, -0.15) is 5.10 Å². The monoisotopic (exact) mass is 257 g/mol. The highest BCUT2D eigenvalue weighted by Crippen LogP contribution is 2.12. The van der Waals surface area contributed by atoms with E-state index < -0.39 is 9.84 Å². The first kappa shape index (κ1) is 12.1. The zero-order valence-corrected chi connectivity index (χ0v) is 10.4. The van der Waals surface area contributed by atoms with E-state index in [1.54, 1.807) is 16.9 Å². The van der Waals surface area contributed by atoms with E-state index in [-0.39, 0.29) is 23.5 Å². The predicted octanol–water partition coefficient (Wildman–Crippen LogP) is -0.180. The summed E-state index contributed by atoms with van der Waals surface area (Å²) < 4.78 is 24.1. The molecule has 1 amide bonds. The molecule has 1 N–H and O–H groups in total. The summed E-state index contributed by atoms with van der Waals surface area (Å²) in [5, 5.41) is 6.73. The molecule has 1 aromatic heterocycles. The van der Waals surface area contributed by atoms with Crippen molar-refractivity contribution in [1.29, 1.82) is 0 Å². The van der Waals surface area contributed by atoms with Gasteiger partial charge in [-0.15, -0.1) is 0 Å². The largest absolute Gasteiger partial charge is 0.347 e. The first-order chi connectivity index (χ1) is 8.02. The minimum Gasteiger partial charge on any atom is -0.347 e. The molecule has 1 fully saturated rings. The van der Waals surface area contributed by atoms with Gasteiger partial charge < -0.3 is 5.32 Å². The first-order valence-corrected chi connectivity index (χ1v) is 7.37. The minimum absolute atomic E-state index is 0.0407. The lowest BCUT2D eigenvalue weighted by Gasteiger charge is -2.11. The van der Waals surface area contributed by atoms with Crippen LogP contribution in [0.2, 0.25) is 0 Å². The number of aromatic nitrogens is 2. The molecule has 2 rings (SSSR count). The number of hydrogen-bond acceptors (Lipinski definition) is 4. The molecule has 6 nitrogen and oxygen atoms in total. The van der Waals surface area contributed by atoms with Crippen molar-refractivity contribution in [3.63, 3.8) is 0 Å². The molecule has 0 bridgehead atoms. The molecule has 0 unspecified atom stereocenters. The lowest BCUT2D eigenvalue weighted by atomic mass is 10.2. The third kappa shape index (κ3) is 2.66. The fourth-order valence-corrected chi connectivity index (χ4v) is 3.62. The maximum atomic E-state index is 11.9. The van der Waals surface area contributed by atoms with Crippen molar-refractivity contribution in [2.45, 2.75) is 25.9 Å². The van der Waals surface area contributed by atoms with E-state index in [1.165, 1.54) is 0 Å². The van der Waals surface area contributed by atoms with Crippen LogP contribution >= 0.6 is 0 Å². The first-order valence-electron chi connectivity index (χ1n) is 5.55. The second-order valence-corrected chi connectivity index (χ2v) is 6.33. The molecule has 1 saturated heterocycles. The maximum absolute atomic E-state index is 11.9. The van der Waals surface area contributed by atoms with Crippen LogP contribution in [0, 0.1) is 0 Å². The van der Waals surface area contributed by atoms with Gasteiger partial charge in [-0.1, -0.05) is 0 Å². The number of carbonyl (C=O) groups excluding carboxylic acids is 1. The third-order valence-electron chi connectivity index (χ3n) is 2.82. The van der Waals surface area contributed by atoms with Crippen molar-refractivity contribution in [3.8, 4) is 0 Å². The second kappa shape index (κ2) is 4.48. The maximum Gasteiger partial charge on any atom is 0.269 e. The highest BCUT2D eigenvalue weighted by Gasteiger charge is 2.29. The van der Waals surface area contributed by atoms with Crippen LogP contribution in [0.4, 0.5) is 0 Å². The number of nitrogens with zero attached hydrogens (tertiary/aromatic N) is 2. The van der Waals surface area contributed by atoms with Crippen molar-refractivity contribution in [2.75, 3.05) is 11.5 Å². The Morgan fingerprint density at radius 2 is 2.41 bits per heavy atom. The number of aryl methyl sites for hydroxylation is 1. The number of nitrogens with one attached hydrogen (secondary N) is 1. The standard InChI is InChI=1S/C10H15N3O3S/c1-2-13-9(3-5-11-13)10(14)12-8-4-6-17(15,16)7-8/h3,5,8H,2,4,6-7H2,1H3,(H,12,14)/t8-/m1/s1. The van der Waals surface area contributed by atoms with E-state index in [0.29, 0.717) is 18.7 Å². The number of hydrogen-bond donors (Lipinski definition) is 1. The van der Waals surface area contributed by atoms with Gasteiger partial charge in [-0.25, -0.2) is 8.42 Å². The van der Waals surface area contributed by atoms with Gasteiger partial charge in [0.05, 0.1) is 11.5 Å². The fourth-order valence-electron chi connectivity index (χ4n) is 1.95. The van der Waals surface area contributed by atoms with Gasteiger partial charge in [0.1, 0.15) is 5.69 Å². The Labute approximate surface area is 99.9 Å². The van der Waals surface area contributed by atoms with E-state index in [9.17, 15) is 13.2 Å². The molecular formula is C10H15N3O3S. The normalized spacial score (nSPS) is 22.5. The topological polar surface area (TPSA) is 81.1 Å². The summed E-state index contributed by atoms with van der Waals surface area (Å²) in [5.74, 6) is -0.0595. The van der Waals surface area contributed by atoms with Crippen molar-refractivity contribution < 1.29 is 13.2 Å². The number of amides is 1. The van der Waals surface area contributed by atoms with Gasteiger partial charge in [0.25, 0.3) is 5.91 Å². The van der Waals surface area contributed by atoms with Crippen molar-refractivity contribution in [1.82, 2.24) is 15.1 Å². The summed E-state index contributed by atoms with van der Waals surface area (Å²) in [5.41, 5.74) is 0.469. The van der Waals surface area contributed by atoms with E-state index in [1.807, 2.05) is 6.92 Å². The Bertz CT molecular complexity index is 521. The van der Waals surface area contributed by atoms with Crippen LogP contribution in [-0.4, -0.2) is 41.7 Å². The fraction of sp³-hybridized carbons (Fsp3) is 0.600. The molecule has 0 spiro atoms. The minimum atomic E-state index is -2.96. The highest BCUT2D eigenvalue weighted by atomic mass is 32.2. The molecule has 2 heterocycles. The van der Waals surface area contributed by atoms with Crippen LogP contribution in [0.15, 0.2) is 12.3 Å². The molecule has 1 atom stereocenters. The molecule has 1 aliphatic rings. The molecule has 0 radical (unpaired) electrons. The van der Waals surface area contributed by atoms with Crippen molar-refractivity contribution in [2.24, 2.45) is 0 Å². The molecule has 94 valence electrons. The summed E-state index contributed by atoms with van der Waals surface area (Å²) >= 11 is 0. The van der Waals surface area contributed by atoms with Crippen LogP contribution in [0.3, 0.4) is 0 Å². The third-order valence-corrected chi connectivity index (χ3v) is 4.58. The van der Waals surface area contributed by atoms with E-state index >= 15 is 0 Å². The van der Waals surface area contributed by atoms with Crippen LogP contribution in [0.25, 0.3) is 0 Å². The lowest BCUT2D eigenvalue weighted by Crippen LogP contribution is -2.36. The van der Waals surface area contributed by atoms with Gasteiger partial charge in [-0.3, -0.25) is 9.48 Å². The van der Waals surface area contributed by atoms with Crippen molar-refractivity contribution in [3.05, 3.63) is 18.0 Å². The van der Waals surface area contributed by atoms with Crippen LogP contribution in [0.5, 0.6) is 0 Å². The average molecular weight is 257 g/mol. The van der Waals surface area contributed by atoms with Gasteiger partial charge in [0, 0.05) is 18.8 Å². The Balaban J connectivity index is 2.03. The summed E-state index contributed by atoms with van der Waals surface area (Å²) in [7, 11) is -2.96. The molecule has 17 heavy (non-hydrogen) atoms. The lowest BCUT2D eigenvalue weighted by molar-refractivity contribution is 0.0930. The molecule has 1 aliphatic heterocycles. The number of sulfone groups is 1. The molecular weight excluding hydrogens is 242 g/mol. The van der Waals surface area contributed by atoms with Crippen LogP contribution < -0.4 is 5.32 Å². The highest BCUT2D eigenvalue weighted by molar-refractivity contribution is 7.91. The average Bonchev–Trinajstić information content (AvgIpc) is 2.84. The van der Waals surface area contributed by atoms with Crippen molar-refractivity contribution >= 4 is 15.7 Å². The summed E-state index contributed by atoms with van der Waals surface area (Å²) in [6, 6.07) is 1.36. The molecule has 1 aromatic rings. The molecule has 7 heteroatoms. The zero-order valence-electron chi connectivity index (χ0n) is 9.59. The Morgan fingerprint density at radius 3 is 3.00 bits per heavy atom. The van der Waals surface area contributed by atoms with Crippen LogP contribution in [0.1, 0.15) is 23.8 Å². The Kier molecular flexibility index (Phi) is 3.19. The SMILES string of the molecule is CCn1nccc1C(=O)N[C@@H]1CCS(=O)(=O)C1.